The topological polar surface area (TPSA) is 84.2 Å². The first kappa shape index (κ1) is 10.3. The quantitative estimate of drug-likeness (QED) is 0.782. The van der Waals surface area contributed by atoms with Crippen molar-refractivity contribution in [2.75, 3.05) is 6.54 Å². The highest BCUT2D eigenvalue weighted by atomic mass is 16.5. The van der Waals surface area contributed by atoms with Crippen LogP contribution in [0.1, 0.15) is 41.4 Å². The largest absolute Gasteiger partial charge is 0.360 e. The van der Waals surface area contributed by atoms with Gasteiger partial charge in [-0.05, 0) is 12.8 Å². The highest BCUT2D eigenvalue weighted by Crippen LogP contribution is 2.40. The van der Waals surface area contributed by atoms with Crippen LogP contribution >= 0.6 is 0 Å². The fraction of sp³-hybridized carbons (Fsp3) is 0.545. The number of nitrogens with zero attached hydrogens (tertiary/aromatic N) is 1. The Balaban J connectivity index is 1.62. The average Bonchev–Trinajstić information content (AvgIpc) is 2.88. The maximum atomic E-state index is 11.8. The molecule has 1 saturated heterocycles. The fourth-order valence-electron chi connectivity index (χ4n) is 1.92. The van der Waals surface area contributed by atoms with Gasteiger partial charge in [0.2, 0.25) is 5.91 Å². The maximum Gasteiger partial charge on any atom is 0.273 e. The molecule has 0 unspecified atom stereocenters. The van der Waals surface area contributed by atoms with Crippen LogP contribution in [0.2, 0.25) is 0 Å². The van der Waals surface area contributed by atoms with Gasteiger partial charge in [-0.25, -0.2) is 0 Å². The number of rotatable bonds is 3. The molecule has 1 aliphatic heterocycles. The molecule has 6 heteroatoms. The Labute approximate surface area is 97.7 Å². The molecule has 3 rings (SSSR count). The van der Waals surface area contributed by atoms with Gasteiger partial charge in [0.15, 0.2) is 5.69 Å². The molecule has 17 heavy (non-hydrogen) atoms. The molecule has 2 N–H and O–H groups in total. The summed E-state index contributed by atoms with van der Waals surface area (Å²) in [6, 6.07) is 1.55. The van der Waals surface area contributed by atoms with E-state index in [-0.39, 0.29) is 17.9 Å². The molecule has 90 valence electrons. The third kappa shape index (κ3) is 2.15. The van der Waals surface area contributed by atoms with Gasteiger partial charge < -0.3 is 15.2 Å². The standard InChI is InChI=1S/C11H13N3O3/c15-10-3-7(5-12-10)13-11(16)8-4-9(17-14-8)6-1-2-6/h4,6-7H,1-3,5H2,(H,12,15)(H,13,16)/t7-/m0/s1. The average molecular weight is 235 g/mol. The summed E-state index contributed by atoms with van der Waals surface area (Å²) in [4.78, 5) is 22.8. The molecular weight excluding hydrogens is 222 g/mol. The van der Waals surface area contributed by atoms with E-state index in [4.69, 9.17) is 4.52 Å². The van der Waals surface area contributed by atoms with Crippen LogP contribution in [0, 0.1) is 0 Å². The van der Waals surface area contributed by atoms with Crippen molar-refractivity contribution in [3.8, 4) is 0 Å². The van der Waals surface area contributed by atoms with E-state index >= 15 is 0 Å². The molecule has 1 aromatic rings. The van der Waals surface area contributed by atoms with Gasteiger partial charge in [-0.2, -0.15) is 0 Å². The maximum absolute atomic E-state index is 11.8. The Bertz CT molecular complexity index is 464. The van der Waals surface area contributed by atoms with Gasteiger partial charge in [0.1, 0.15) is 5.76 Å². The highest BCUT2D eigenvalue weighted by Gasteiger charge is 2.30. The summed E-state index contributed by atoms with van der Waals surface area (Å²) >= 11 is 0. The zero-order chi connectivity index (χ0) is 11.8. The lowest BCUT2D eigenvalue weighted by atomic mass is 10.2. The molecule has 2 fully saturated rings. The summed E-state index contributed by atoms with van der Waals surface area (Å²) in [5.74, 6) is 0.922. The Morgan fingerprint density at radius 2 is 2.35 bits per heavy atom. The summed E-state index contributed by atoms with van der Waals surface area (Å²) in [5, 5.41) is 9.16. The molecular formula is C11H13N3O3. The second kappa shape index (κ2) is 3.87. The number of amides is 2. The molecule has 1 aliphatic carbocycles. The van der Waals surface area contributed by atoms with Crippen LogP contribution in [0.15, 0.2) is 10.6 Å². The smallest absolute Gasteiger partial charge is 0.273 e. The van der Waals surface area contributed by atoms with E-state index in [2.05, 4.69) is 15.8 Å². The van der Waals surface area contributed by atoms with Gasteiger partial charge in [0.05, 0.1) is 6.04 Å². The van der Waals surface area contributed by atoms with Gasteiger partial charge in [-0.15, -0.1) is 0 Å². The molecule has 0 aromatic carbocycles. The molecule has 2 aliphatic rings. The molecule has 6 nitrogen and oxygen atoms in total. The van der Waals surface area contributed by atoms with Gasteiger partial charge >= 0.3 is 0 Å². The lowest BCUT2D eigenvalue weighted by Crippen LogP contribution is -2.36. The molecule has 2 amide bonds. The minimum Gasteiger partial charge on any atom is -0.360 e. The van der Waals surface area contributed by atoms with Gasteiger partial charge in [-0.3, -0.25) is 9.59 Å². The van der Waals surface area contributed by atoms with E-state index in [0.29, 0.717) is 24.6 Å². The third-order valence-electron chi connectivity index (χ3n) is 3.05. The number of hydrogen-bond acceptors (Lipinski definition) is 4. The minimum absolute atomic E-state index is 0.0332. The fourth-order valence-corrected chi connectivity index (χ4v) is 1.92. The van der Waals surface area contributed by atoms with E-state index in [1.807, 2.05) is 0 Å². The molecule has 0 radical (unpaired) electrons. The molecule has 1 atom stereocenters. The normalized spacial score (nSPS) is 23.5. The molecule has 1 aromatic heterocycles. The van der Waals surface area contributed by atoms with Crippen molar-refractivity contribution in [3.63, 3.8) is 0 Å². The number of carbonyl (C=O) groups excluding carboxylic acids is 2. The van der Waals surface area contributed by atoms with Crippen molar-refractivity contribution in [1.82, 2.24) is 15.8 Å². The highest BCUT2D eigenvalue weighted by molar-refractivity contribution is 5.93. The van der Waals surface area contributed by atoms with Crippen molar-refractivity contribution in [1.29, 1.82) is 0 Å². The van der Waals surface area contributed by atoms with Crippen LogP contribution in [-0.4, -0.2) is 29.6 Å². The van der Waals surface area contributed by atoms with Crippen molar-refractivity contribution in [3.05, 3.63) is 17.5 Å². The van der Waals surface area contributed by atoms with Gasteiger partial charge in [-0.1, -0.05) is 5.16 Å². The van der Waals surface area contributed by atoms with Crippen LogP contribution in [0.3, 0.4) is 0 Å². The lowest BCUT2D eigenvalue weighted by Gasteiger charge is -2.07. The number of carbonyl (C=O) groups is 2. The monoisotopic (exact) mass is 235 g/mol. The van der Waals surface area contributed by atoms with Crippen molar-refractivity contribution < 1.29 is 14.1 Å². The predicted molar refractivity (Wildman–Crippen MR) is 57.4 cm³/mol. The zero-order valence-corrected chi connectivity index (χ0v) is 9.23. The van der Waals surface area contributed by atoms with Crippen molar-refractivity contribution >= 4 is 11.8 Å². The number of hydrogen-bond donors (Lipinski definition) is 2. The molecule has 2 heterocycles. The van der Waals surface area contributed by atoms with Crippen LogP contribution in [-0.2, 0) is 4.79 Å². The summed E-state index contributed by atoms with van der Waals surface area (Å²) in [6.45, 7) is 0.484. The SMILES string of the molecule is O=C1C[C@H](NC(=O)c2cc(C3CC3)on2)CN1. The first-order valence-electron chi connectivity index (χ1n) is 5.76. The molecule has 0 bridgehead atoms. The molecule has 1 saturated carbocycles. The van der Waals surface area contributed by atoms with Crippen molar-refractivity contribution in [2.45, 2.75) is 31.2 Å². The molecule has 0 spiro atoms. The van der Waals surface area contributed by atoms with Crippen LogP contribution in [0.25, 0.3) is 0 Å². The predicted octanol–water partition coefficient (Wildman–Crippen LogP) is 0.170. The minimum atomic E-state index is -0.276. The van der Waals surface area contributed by atoms with Crippen LogP contribution in [0.4, 0.5) is 0 Å². The summed E-state index contributed by atoms with van der Waals surface area (Å²) in [6.07, 6.45) is 2.55. The summed E-state index contributed by atoms with van der Waals surface area (Å²) < 4.78 is 5.10. The Hall–Kier alpha value is -1.85. The van der Waals surface area contributed by atoms with Crippen molar-refractivity contribution in [2.24, 2.45) is 0 Å². The second-order valence-corrected chi connectivity index (χ2v) is 4.57. The zero-order valence-electron chi connectivity index (χ0n) is 9.23. The van der Waals surface area contributed by atoms with Crippen LogP contribution < -0.4 is 10.6 Å². The van der Waals surface area contributed by atoms with Gasteiger partial charge in [0, 0.05) is 24.9 Å². The lowest BCUT2D eigenvalue weighted by molar-refractivity contribution is -0.119. The summed E-state index contributed by atoms with van der Waals surface area (Å²) in [5.41, 5.74) is 0.297. The first-order valence-corrected chi connectivity index (χ1v) is 5.76. The Morgan fingerprint density at radius 1 is 1.53 bits per heavy atom. The number of nitrogens with one attached hydrogen (secondary N) is 2. The van der Waals surface area contributed by atoms with Gasteiger partial charge in [0.25, 0.3) is 5.91 Å². The van der Waals surface area contributed by atoms with Crippen LogP contribution in [0.5, 0.6) is 0 Å². The Kier molecular flexibility index (Phi) is 2.35. The summed E-state index contributed by atoms with van der Waals surface area (Å²) in [7, 11) is 0. The third-order valence-corrected chi connectivity index (χ3v) is 3.05. The van der Waals surface area contributed by atoms with E-state index in [9.17, 15) is 9.59 Å². The van der Waals surface area contributed by atoms with E-state index < -0.39 is 0 Å². The van der Waals surface area contributed by atoms with E-state index in [0.717, 1.165) is 18.6 Å². The first-order chi connectivity index (χ1) is 8.22. The van der Waals surface area contributed by atoms with E-state index in [1.54, 1.807) is 6.07 Å². The second-order valence-electron chi connectivity index (χ2n) is 4.57. The van der Waals surface area contributed by atoms with E-state index in [1.165, 1.54) is 0 Å². The number of aromatic nitrogens is 1. The Morgan fingerprint density at radius 3 is 3.00 bits per heavy atom.